The van der Waals surface area contributed by atoms with Crippen LogP contribution < -0.4 is 0 Å². The molecule has 0 radical (unpaired) electrons. The number of allylic oxidation sites excluding steroid dienone is 3. The molecule has 0 aromatic rings. The number of aliphatic carboxylic acids is 1. The molecule has 1 aliphatic rings. The van der Waals surface area contributed by atoms with Crippen LogP contribution in [0, 0.1) is 0 Å². The summed E-state index contributed by atoms with van der Waals surface area (Å²) in [4.78, 5) is 10.1. The molecule has 0 bridgehead atoms. The summed E-state index contributed by atoms with van der Waals surface area (Å²) in [6.45, 7) is 0. The van der Waals surface area contributed by atoms with Crippen LogP contribution in [-0.2, 0) is 4.79 Å². The first-order valence-corrected chi connectivity index (χ1v) is 5.54. The Morgan fingerprint density at radius 2 is 2.50 bits per heavy atom. The summed E-state index contributed by atoms with van der Waals surface area (Å²) in [5.74, 6) is -0.694. The first-order valence-electron chi connectivity index (χ1n) is 3.03. The standard InChI is InChI=1S/C7H9IO2/c9-7(10)4-3-6-2-1-5-8-6/h1-2,5,8H,3-4H2,(H,9,10). The molecule has 56 valence electrons. The molecule has 0 unspecified atom stereocenters. The number of hydrogen-bond donors (Lipinski definition) is 1. The van der Waals surface area contributed by atoms with Crippen molar-refractivity contribution >= 4 is 27.2 Å². The Kier molecular flexibility index (Phi) is 2.92. The fourth-order valence-corrected chi connectivity index (χ4v) is 2.71. The zero-order valence-corrected chi connectivity index (χ0v) is 7.74. The van der Waals surface area contributed by atoms with Gasteiger partial charge in [-0.1, -0.05) is 0 Å². The van der Waals surface area contributed by atoms with E-state index in [9.17, 15) is 4.79 Å². The van der Waals surface area contributed by atoms with E-state index in [-0.39, 0.29) is 27.6 Å². The fourth-order valence-electron chi connectivity index (χ4n) is 0.685. The number of halogens is 1. The minimum absolute atomic E-state index is 0.0977. The summed E-state index contributed by atoms with van der Waals surface area (Å²) in [5, 5.41) is 8.34. The van der Waals surface area contributed by atoms with Gasteiger partial charge in [0.25, 0.3) is 0 Å². The maximum absolute atomic E-state index is 10.1. The second-order valence-electron chi connectivity index (χ2n) is 1.97. The Morgan fingerprint density at radius 1 is 1.70 bits per heavy atom. The minimum atomic E-state index is -0.694. The van der Waals surface area contributed by atoms with Crippen molar-refractivity contribution < 1.29 is 9.90 Å². The van der Waals surface area contributed by atoms with Gasteiger partial charge in [0.1, 0.15) is 0 Å². The Labute approximate surface area is 69.9 Å². The van der Waals surface area contributed by atoms with Crippen molar-refractivity contribution in [2.75, 3.05) is 0 Å². The van der Waals surface area contributed by atoms with Crippen molar-refractivity contribution in [3.63, 3.8) is 0 Å². The number of carbonyl (C=O) groups is 1. The predicted octanol–water partition coefficient (Wildman–Crippen LogP) is 1.97. The van der Waals surface area contributed by atoms with Crippen LogP contribution in [0.1, 0.15) is 12.8 Å². The van der Waals surface area contributed by atoms with E-state index in [1.165, 1.54) is 3.58 Å². The average Bonchev–Trinajstić information content (AvgIpc) is 2.34. The SMILES string of the molecule is O=C(O)CCC1=CC=C[IH]1. The van der Waals surface area contributed by atoms with Gasteiger partial charge >= 0.3 is 69.7 Å². The van der Waals surface area contributed by atoms with Gasteiger partial charge in [-0.3, -0.25) is 0 Å². The van der Waals surface area contributed by atoms with Gasteiger partial charge in [-0.25, -0.2) is 0 Å². The zero-order chi connectivity index (χ0) is 7.40. The molecule has 1 aliphatic heterocycles. The summed E-state index contributed by atoms with van der Waals surface area (Å²) in [5.41, 5.74) is 0. The van der Waals surface area contributed by atoms with Crippen LogP contribution in [0.15, 0.2) is 19.8 Å². The topological polar surface area (TPSA) is 37.3 Å². The number of carboxylic acids is 1. The second-order valence-corrected chi connectivity index (χ2v) is 4.92. The third kappa shape index (κ3) is 2.51. The Morgan fingerprint density at radius 3 is 3.00 bits per heavy atom. The van der Waals surface area contributed by atoms with Gasteiger partial charge in [0.05, 0.1) is 0 Å². The summed E-state index contributed by atoms with van der Waals surface area (Å²) in [6.07, 6.45) is 5.12. The van der Waals surface area contributed by atoms with Crippen LogP contribution in [0.5, 0.6) is 0 Å². The molecule has 3 heteroatoms. The number of hydrogen-bond acceptors (Lipinski definition) is 1. The van der Waals surface area contributed by atoms with Crippen LogP contribution in [0.2, 0.25) is 0 Å². The summed E-state index contributed by atoms with van der Waals surface area (Å²) in [7, 11) is 0. The fraction of sp³-hybridized carbons (Fsp3) is 0.286. The van der Waals surface area contributed by atoms with Crippen LogP contribution >= 0.6 is 21.2 Å². The molecule has 1 N–H and O–H groups in total. The van der Waals surface area contributed by atoms with Gasteiger partial charge in [0, 0.05) is 0 Å². The Bertz CT molecular complexity index is 194. The second kappa shape index (κ2) is 3.75. The van der Waals surface area contributed by atoms with Crippen molar-refractivity contribution in [3.05, 3.63) is 19.8 Å². The average molecular weight is 252 g/mol. The van der Waals surface area contributed by atoms with Crippen molar-refractivity contribution in [3.8, 4) is 0 Å². The van der Waals surface area contributed by atoms with Gasteiger partial charge in [-0.15, -0.1) is 0 Å². The number of carboxylic acid groups (broad SMARTS) is 1. The van der Waals surface area contributed by atoms with E-state index in [1.807, 2.05) is 12.2 Å². The van der Waals surface area contributed by atoms with E-state index in [2.05, 4.69) is 4.08 Å². The predicted molar refractivity (Wildman–Crippen MR) is 49.5 cm³/mol. The van der Waals surface area contributed by atoms with E-state index in [0.717, 1.165) is 6.42 Å². The molecule has 0 spiro atoms. The zero-order valence-electron chi connectivity index (χ0n) is 5.41. The van der Waals surface area contributed by atoms with E-state index >= 15 is 0 Å². The molecule has 0 aromatic heterocycles. The van der Waals surface area contributed by atoms with Crippen molar-refractivity contribution in [2.45, 2.75) is 12.8 Å². The quantitative estimate of drug-likeness (QED) is 0.779. The van der Waals surface area contributed by atoms with Gasteiger partial charge in [0.15, 0.2) is 0 Å². The monoisotopic (exact) mass is 252 g/mol. The molecule has 1 rings (SSSR count). The van der Waals surface area contributed by atoms with Crippen LogP contribution in [0.25, 0.3) is 0 Å². The maximum atomic E-state index is 10.1. The first-order chi connectivity index (χ1) is 4.79. The molecule has 10 heavy (non-hydrogen) atoms. The van der Waals surface area contributed by atoms with Crippen LogP contribution in [0.4, 0.5) is 0 Å². The molecule has 0 aliphatic carbocycles. The molecule has 1 heterocycles. The molecule has 2 nitrogen and oxygen atoms in total. The molecular formula is C7H9IO2. The van der Waals surface area contributed by atoms with Gasteiger partial charge in [0.2, 0.25) is 0 Å². The summed E-state index contributed by atoms with van der Waals surface area (Å²) < 4.78 is 3.52. The molecule has 0 fully saturated rings. The third-order valence-corrected chi connectivity index (χ3v) is 3.84. The van der Waals surface area contributed by atoms with Crippen LogP contribution in [-0.4, -0.2) is 11.1 Å². The normalized spacial score (nSPS) is 16.2. The molecule has 0 atom stereocenters. The third-order valence-electron chi connectivity index (χ3n) is 1.17. The number of rotatable bonds is 3. The Hall–Kier alpha value is -0.320. The van der Waals surface area contributed by atoms with Crippen LogP contribution in [0.3, 0.4) is 0 Å². The van der Waals surface area contributed by atoms with Crippen molar-refractivity contribution in [1.82, 2.24) is 0 Å². The molecule has 0 aromatic carbocycles. The van der Waals surface area contributed by atoms with E-state index < -0.39 is 5.97 Å². The first kappa shape index (κ1) is 7.78. The Balaban J connectivity index is 2.21. The van der Waals surface area contributed by atoms with E-state index in [0.29, 0.717) is 0 Å². The molecule has 0 amide bonds. The molecule has 0 saturated carbocycles. The summed E-state index contributed by atoms with van der Waals surface area (Å²) in [6, 6.07) is 0. The molecular weight excluding hydrogens is 243 g/mol. The van der Waals surface area contributed by atoms with Gasteiger partial charge in [-0.2, -0.15) is 0 Å². The van der Waals surface area contributed by atoms with Crippen molar-refractivity contribution in [1.29, 1.82) is 0 Å². The van der Waals surface area contributed by atoms with Gasteiger partial charge < -0.3 is 0 Å². The summed E-state index contributed by atoms with van der Waals surface area (Å²) >= 11 is -0.0977. The van der Waals surface area contributed by atoms with E-state index in [4.69, 9.17) is 5.11 Å². The van der Waals surface area contributed by atoms with Gasteiger partial charge in [-0.05, 0) is 0 Å². The van der Waals surface area contributed by atoms with Crippen molar-refractivity contribution in [2.24, 2.45) is 0 Å². The molecule has 0 saturated heterocycles. The van der Waals surface area contributed by atoms with E-state index in [1.54, 1.807) is 0 Å².